The Labute approximate surface area is 258 Å². The maximum Gasteiger partial charge on any atom is 0.326 e. The lowest BCUT2D eigenvalue weighted by Crippen LogP contribution is -2.45. The topological polar surface area (TPSA) is 128 Å². The van der Waals surface area contributed by atoms with Gasteiger partial charge in [-0.15, -0.1) is 11.8 Å². The Morgan fingerprint density at radius 1 is 0.953 bits per heavy atom. The third-order valence-corrected chi connectivity index (χ3v) is 8.41. The van der Waals surface area contributed by atoms with Crippen LogP contribution in [0.5, 0.6) is 5.75 Å². The van der Waals surface area contributed by atoms with Crippen molar-refractivity contribution in [2.75, 3.05) is 6.61 Å². The third-order valence-electron chi connectivity index (χ3n) is 6.97. The molecule has 1 aromatic heterocycles. The predicted molar refractivity (Wildman–Crippen MR) is 172 cm³/mol. The smallest absolute Gasteiger partial charge is 0.326 e. The number of unbranched alkanes of at least 4 members (excludes halogenated alkanes) is 4. The van der Waals surface area contributed by atoms with Crippen molar-refractivity contribution in [3.63, 3.8) is 0 Å². The van der Waals surface area contributed by atoms with Crippen LogP contribution in [-0.2, 0) is 16.0 Å². The molecule has 1 aliphatic rings. The molecule has 0 spiro atoms. The van der Waals surface area contributed by atoms with Crippen LogP contribution in [0.1, 0.15) is 65.4 Å². The SMILES string of the molecule is CCCCCCCOc1ccc(-c2cnc(-c3ccc(C[C@H](NC(=O)C4[N-]N=C(C(C)(C)C)S4)C(=O)O)cc3)nc2)cc1. The summed E-state index contributed by atoms with van der Waals surface area (Å²) >= 11 is 1.25. The van der Waals surface area contributed by atoms with Crippen molar-refractivity contribution in [3.8, 4) is 28.3 Å². The Bertz CT molecular complexity index is 1390. The number of benzene rings is 2. The summed E-state index contributed by atoms with van der Waals surface area (Å²) in [6.45, 7) is 8.91. The Hall–Kier alpha value is -3.92. The average molecular weight is 603 g/mol. The fourth-order valence-electron chi connectivity index (χ4n) is 4.42. The van der Waals surface area contributed by atoms with Gasteiger partial charge in [-0.2, -0.15) is 0 Å². The first kappa shape index (κ1) is 32.0. The highest BCUT2D eigenvalue weighted by Crippen LogP contribution is 2.36. The van der Waals surface area contributed by atoms with Crippen molar-refractivity contribution in [2.45, 2.75) is 77.6 Å². The minimum atomic E-state index is -1.11. The molecule has 2 atom stereocenters. The number of hydrogen-bond acceptors (Lipinski definition) is 7. The van der Waals surface area contributed by atoms with Gasteiger partial charge in [0, 0.05) is 40.7 Å². The van der Waals surface area contributed by atoms with Crippen LogP contribution in [-0.4, -0.2) is 50.0 Å². The first-order chi connectivity index (χ1) is 20.6. The lowest BCUT2D eigenvalue weighted by Gasteiger charge is -2.23. The van der Waals surface area contributed by atoms with Crippen LogP contribution in [0, 0.1) is 5.41 Å². The number of aliphatic carboxylic acids is 1. The summed E-state index contributed by atoms with van der Waals surface area (Å²) in [5, 5.41) is 16.4. The number of aromatic nitrogens is 2. The zero-order valence-electron chi connectivity index (χ0n) is 25.2. The molecule has 0 fully saturated rings. The Morgan fingerprint density at radius 3 is 2.21 bits per heavy atom. The largest absolute Gasteiger partial charge is 0.582 e. The van der Waals surface area contributed by atoms with E-state index in [2.05, 4.69) is 32.7 Å². The van der Waals surface area contributed by atoms with Gasteiger partial charge in [0.05, 0.1) is 11.7 Å². The molecule has 1 amide bonds. The van der Waals surface area contributed by atoms with Gasteiger partial charge in [-0.25, -0.2) is 14.8 Å². The standard InChI is InChI=1S/C33H40N5O4S/c1-5-6-7-8-9-18-42-26-16-14-23(15-17-26)25-20-34-28(35-21-25)24-12-10-22(11-13-24)19-27(31(40)41)36-29(39)30-37-38-32(43-30)33(2,3)4/h10-17,20-21,27,30H,5-9,18-19H2,1-4H3,(H,36,39)(H,40,41)/q-1/t27-,30?/m0/s1. The first-order valence-corrected chi connectivity index (χ1v) is 15.6. The highest BCUT2D eigenvalue weighted by molar-refractivity contribution is 8.15. The van der Waals surface area contributed by atoms with E-state index in [-0.39, 0.29) is 11.8 Å². The predicted octanol–water partition coefficient (Wildman–Crippen LogP) is 7.08. The highest BCUT2D eigenvalue weighted by Gasteiger charge is 2.28. The number of carboxylic acids is 1. The van der Waals surface area contributed by atoms with E-state index >= 15 is 0 Å². The van der Waals surface area contributed by atoms with Crippen LogP contribution < -0.4 is 10.1 Å². The average Bonchev–Trinajstić information content (AvgIpc) is 3.51. The number of nitrogens with one attached hydrogen (secondary N) is 1. The summed E-state index contributed by atoms with van der Waals surface area (Å²) in [5.74, 6) is -0.155. The van der Waals surface area contributed by atoms with Gasteiger partial charge in [0.25, 0.3) is 0 Å². The zero-order valence-corrected chi connectivity index (χ0v) is 26.1. The molecule has 2 N–H and O–H groups in total. The molecule has 4 rings (SSSR count). The van der Waals surface area contributed by atoms with Crippen LogP contribution >= 0.6 is 11.8 Å². The molecule has 43 heavy (non-hydrogen) atoms. The molecular formula is C33H40N5O4S-. The van der Waals surface area contributed by atoms with Crippen molar-refractivity contribution < 1.29 is 19.4 Å². The van der Waals surface area contributed by atoms with E-state index in [1.807, 2.05) is 69.3 Å². The lowest BCUT2D eigenvalue weighted by atomic mass is 9.99. The molecule has 0 radical (unpaired) electrons. The van der Waals surface area contributed by atoms with Gasteiger partial charge in [0.15, 0.2) is 5.82 Å². The molecule has 2 aromatic carbocycles. The number of ether oxygens (including phenoxy) is 1. The molecule has 1 aliphatic heterocycles. The second kappa shape index (κ2) is 15.0. The minimum absolute atomic E-state index is 0.129. The summed E-state index contributed by atoms with van der Waals surface area (Å²) in [7, 11) is 0. The fraction of sp³-hybridized carbons (Fsp3) is 0.424. The first-order valence-electron chi connectivity index (χ1n) is 14.8. The molecule has 0 saturated heterocycles. The monoisotopic (exact) mass is 602 g/mol. The van der Waals surface area contributed by atoms with Gasteiger partial charge in [-0.1, -0.05) is 89.8 Å². The summed E-state index contributed by atoms with van der Waals surface area (Å²) in [4.78, 5) is 33.7. The van der Waals surface area contributed by atoms with Gasteiger partial charge in [0.1, 0.15) is 11.8 Å². The molecule has 9 nitrogen and oxygen atoms in total. The summed E-state index contributed by atoms with van der Waals surface area (Å²) < 4.78 is 5.86. The van der Waals surface area contributed by atoms with E-state index < -0.39 is 23.3 Å². The van der Waals surface area contributed by atoms with Crippen LogP contribution in [0.25, 0.3) is 27.9 Å². The number of carboxylic acid groups (broad SMARTS) is 1. The number of thioether (sulfide) groups is 1. The molecule has 1 unspecified atom stereocenters. The summed E-state index contributed by atoms with van der Waals surface area (Å²) in [6, 6.07) is 14.2. The van der Waals surface area contributed by atoms with Crippen LogP contribution in [0.3, 0.4) is 0 Å². The second-order valence-corrected chi connectivity index (χ2v) is 12.7. The number of nitrogens with zero attached hydrogens (tertiary/aromatic N) is 4. The van der Waals surface area contributed by atoms with Gasteiger partial charge >= 0.3 is 5.97 Å². The van der Waals surface area contributed by atoms with E-state index in [1.165, 1.54) is 37.4 Å². The molecular weight excluding hydrogens is 562 g/mol. The molecule has 2 heterocycles. The molecule has 3 aromatic rings. The maximum atomic E-state index is 12.7. The number of hydrogen-bond donors (Lipinski definition) is 2. The van der Waals surface area contributed by atoms with Crippen LogP contribution in [0.4, 0.5) is 0 Å². The zero-order chi connectivity index (χ0) is 30.8. The summed E-state index contributed by atoms with van der Waals surface area (Å²) in [6.07, 6.45) is 9.75. The van der Waals surface area contributed by atoms with E-state index in [9.17, 15) is 14.7 Å². The maximum absolute atomic E-state index is 12.7. The van der Waals surface area contributed by atoms with Gasteiger partial charge < -0.3 is 25.7 Å². The highest BCUT2D eigenvalue weighted by atomic mass is 32.2. The van der Waals surface area contributed by atoms with Gasteiger partial charge in [0.2, 0.25) is 5.91 Å². The molecule has 0 aliphatic carbocycles. The van der Waals surface area contributed by atoms with E-state index in [1.54, 1.807) is 12.4 Å². The normalized spacial score (nSPS) is 15.3. The Kier molecular flexibility index (Phi) is 11.2. The summed E-state index contributed by atoms with van der Waals surface area (Å²) in [5.41, 5.74) is 7.27. The van der Waals surface area contributed by atoms with Crippen molar-refractivity contribution >= 4 is 28.7 Å². The number of amides is 1. The van der Waals surface area contributed by atoms with Gasteiger partial charge in [-0.3, -0.25) is 4.79 Å². The van der Waals surface area contributed by atoms with Crippen LogP contribution in [0.15, 0.2) is 66.0 Å². The lowest BCUT2D eigenvalue weighted by molar-refractivity contribution is -0.141. The Morgan fingerprint density at radius 2 is 1.60 bits per heavy atom. The van der Waals surface area contributed by atoms with E-state index in [0.717, 1.165) is 46.1 Å². The van der Waals surface area contributed by atoms with Crippen LogP contribution in [0.2, 0.25) is 0 Å². The van der Waals surface area contributed by atoms with Crippen molar-refractivity contribution in [1.29, 1.82) is 0 Å². The molecule has 10 heteroatoms. The Balaban J connectivity index is 1.30. The molecule has 0 bridgehead atoms. The third kappa shape index (κ3) is 9.28. The number of rotatable bonds is 14. The minimum Gasteiger partial charge on any atom is -0.582 e. The fourth-order valence-corrected chi connectivity index (χ4v) is 5.35. The van der Waals surface area contributed by atoms with Crippen molar-refractivity contribution in [2.24, 2.45) is 10.5 Å². The second-order valence-electron chi connectivity index (χ2n) is 11.6. The number of carbonyl (C=O) groups is 2. The van der Waals surface area contributed by atoms with Crippen molar-refractivity contribution in [3.05, 3.63) is 71.9 Å². The van der Waals surface area contributed by atoms with E-state index in [0.29, 0.717) is 5.82 Å². The number of carbonyl (C=O) groups excluding carboxylic acids is 1. The molecule has 0 saturated carbocycles. The molecule has 228 valence electrons. The van der Waals surface area contributed by atoms with Gasteiger partial charge in [-0.05, 0) is 29.7 Å². The quantitative estimate of drug-likeness (QED) is 0.189. The van der Waals surface area contributed by atoms with E-state index in [4.69, 9.17) is 4.74 Å². The van der Waals surface area contributed by atoms with Crippen molar-refractivity contribution in [1.82, 2.24) is 15.3 Å².